The Morgan fingerprint density at radius 2 is 1.92 bits per heavy atom. The number of nitrogens with zero attached hydrogens (tertiary/aromatic N) is 4. The molecule has 0 aliphatic carbocycles. The molecule has 0 spiro atoms. The van der Waals surface area contributed by atoms with Gasteiger partial charge in [0.1, 0.15) is 17.7 Å². The molecule has 0 saturated carbocycles. The second kappa shape index (κ2) is 10.9. The second-order valence-corrected chi connectivity index (χ2v) is 10.1. The average Bonchev–Trinajstić information content (AvgIpc) is 3.46. The van der Waals surface area contributed by atoms with Crippen LogP contribution in [0.3, 0.4) is 0 Å². The largest absolute Gasteiger partial charge is 0.416 e. The minimum Gasteiger partial charge on any atom is -0.345 e. The van der Waals surface area contributed by atoms with Crippen LogP contribution in [0.4, 0.5) is 29.1 Å². The van der Waals surface area contributed by atoms with Crippen LogP contribution >= 0.6 is 11.6 Å². The Bertz CT molecular complexity index is 1100. The molecular formula is C26H31ClF4N4O. The van der Waals surface area contributed by atoms with Crippen molar-refractivity contribution in [1.82, 2.24) is 9.88 Å². The molecule has 2 fully saturated rings. The number of hydrogen-bond acceptors (Lipinski definition) is 4. The molecule has 2 saturated heterocycles. The minimum absolute atomic E-state index is 0.0862. The molecular weight excluding hydrogens is 496 g/mol. The van der Waals surface area contributed by atoms with Gasteiger partial charge in [0.25, 0.3) is 0 Å². The van der Waals surface area contributed by atoms with E-state index >= 15 is 0 Å². The van der Waals surface area contributed by atoms with Crippen molar-refractivity contribution in [2.24, 2.45) is 0 Å². The number of pyridine rings is 1. The number of aromatic nitrogens is 1. The minimum atomic E-state index is -4.51. The molecule has 36 heavy (non-hydrogen) atoms. The molecule has 2 aliphatic heterocycles. The first-order valence-electron chi connectivity index (χ1n) is 12.4. The molecule has 4 rings (SSSR count). The summed E-state index contributed by atoms with van der Waals surface area (Å²) in [5.41, 5.74) is -0.0780. The van der Waals surface area contributed by atoms with Crippen molar-refractivity contribution in [2.45, 2.75) is 64.2 Å². The number of halogens is 5. The predicted molar refractivity (Wildman–Crippen MR) is 133 cm³/mol. The number of carbonyl (C=O) groups excluding carboxylic acids is 1. The summed E-state index contributed by atoms with van der Waals surface area (Å²) < 4.78 is 54.2. The van der Waals surface area contributed by atoms with Crippen LogP contribution in [0, 0.1) is 12.7 Å². The molecule has 0 N–H and O–H groups in total. The van der Waals surface area contributed by atoms with Gasteiger partial charge in [-0.25, -0.2) is 9.37 Å². The van der Waals surface area contributed by atoms with Gasteiger partial charge in [-0.1, -0.05) is 11.6 Å². The van der Waals surface area contributed by atoms with Gasteiger partial charge in [0.15, 0.2) is 0 Å². The summed E-state index contributed by atoms with van der Waals surface area (Å²) in [6, 6.07) is 6.01. The van der Waals surface area contributed by atoms with Crippen LogP contribution in [-0.2, 0) is 11.0 Å². The first-order chi connectivity index (χ1) is 17.0. The SMILES string of the molecule is Cc1cc(C(F)(F)F)cc(N2CCC[C@H]2C(=O)N(CCCN2CCC[C@H]2C)c2ccc(F)c(Cl)c2)n1. The molecule has 0 radical (unpaired) electrons. The lowest BCUT2D eigenvalue weighted by molar-refractivity contribution is -0.137. The highest BCUT2D eigenvalue weighted by atomic mass is 35.5. The number of aryl methyl sites for hydroxylation is 1. The van der Waals surface area contributed by atoms with Crippen LogP contribution in [0.2, 0.25) is 5.02 Å². The maximum absolute atomic E-state index is 13.9. The number of carbonyl (C=O) groups is 1. The van der Waals surface area contributed by atoms with Gasteiger partial charge in [-0.2, -0.15) is 13.2 Å². The topological polar surface area (TPSA) is 39.7 Å². The fraction of sp³-hybridized carbons (Fsp3) is 0.538. The highest BCUT2D eigenvalue weighted by Crippen LogP contribution is 2.34. The number of benzene rings is 1. The smallest absolute Gasteiger partial charge is 0.345 e. The fourth-order valence-corrected chi connectivity index (χ4v) is 5.39. The summed E-state index contributed by atoms with van der Waals surface area (Å²) in [6.07, 6.45) is -0.362. The molecule has 10 heteroatoms. The summed E-state index contributed by atoms with van der Waals surface area (Å²) in [7, 11) is 0. The van der Waals surface area contributed by atoms with Crippen LogP contribution in [0.5, 0.6) is 0 Å². The van der Waals surface area contributed by atoms with Gasteiger partial charge in [0, 0.05) is 37.1 Å². The highest BCUT2D eigenvalue weighted by Gasteiger charge is 2.37. The lowest BCUT2D eigenvalue weighted by Gasteiger charge is -2.32. The van der Waals surface area contributed by atoms with E-state index in [-0.39, 0.29) is 22.4 Å². The molecule has 196 valence electrons. The van der Waals surface area contributed by atoms with E-state index in [1.165, 1.54) is 25.1 Å². The quantitative estimate of drug-likeness (QED) is 0.410. The third-order valence-electron chi connectivity index (χ3n) is 7.10. The average molecular weight is 527 g/mol. The van der Waals surface area contributed by atoms with E-state index in [4.69, 9.17) is 11.6 Å². The number of rotatable bonds is 7. The molecule has 0 unspecified atom stereocenters. The van der Waals surface area contributed by atoms with Crippen LogP contribution in [0.1, 0.15) is 50.3 Å². The second-order valence-electron chi connectivity index (χ2n) is 9.67. The number of hydrogen-bond donors (Lipinski definition) is 0. The maximum Gasteiger partial charge on any atom is 0.416 e. The number of anilines is 2. The van der Waals surface area contributed by atoms with Crippen LogP contribution in [0.25, 0.3) is 0 Å². The summed E-state index contributed by atoms with van der Waals surface area (Å²) in [6.45, 7) is 6.36. The van der Waals surface area contributed by atoms with Crippen molar-refractivity contribution in [3.05, 3.63) is 52.4 Å². The highest BCUT2D eigenvalue weighted by molar-refractivity contribution is 6.31. The predicted octanol–water partition coefficient (Wildman–Crippen LogP) is 6.08. The Hall–Kier alpha value is -2.39. The Labute approximate surface area is 214 Å². The molecule has 1 aromatic carbocycles. The van der Waals surface area contributed by atoms with Crippen molar-refractivity contribution < 1.29 is 22.4 Å². The fourth-order valence-electron chi connectivity index (χ4n) is 5.22. The van der Waals surface area contributed by atoms with Gasteiger partial charge in [-0.3, -0.25) is 4.79 Å². The van der Waals surface area contributed by atoms with Gasteiger partial charge in [0.2, 0.25) is 5.91 Å². The number of amides is 1. The molecule has 1 amide bonds. The summed E-state index contributed by atoms with van der Waals surface area (Å²) in [5, 5.41) is -0.0862. The molecule has 2 atom stereocenters. The van der Waals surface area contributed by atoms with E-state index in [0.717, 1.165) is 38.1 Å². The van der Waals surface area contributed by atoms with Crippen molar-refractivity contribution in [2.75, 3.05) is 36.0 Å². The standard InChI is InChI=1S/C26H31ClF4N4O/c1-17-14-19(26(29,30)31)15-24(32-17)35-12-4-7-23(35)25(36)34(20-8-9-22(28)21(27)16-20)13-5-11-33-10-3-6-18(33)2/h8-9,14-16,18,23H,3-7,10-13H2,1-2H3/t18-,23+/m1/s1. The lowest BCUT2D eigenvalue weighted by Crippen LogP contribution is -2.47. The molecule has 1 aromatic heterocycles. The first kappa shape index (κ1) is 26.7. The normalized spacial score (nSPS) is 20.8. The zero-order valence-electron chi connectivity index (χ0n) is 20.5. The van der Waals surface area contributed by atoms with Crippen molar-refractivity contribution in [3.63, 3.8) is 0 Å². The zero-order valence-corrected chi connectivity index (χ0v) is 21.2. The van der Waals surface area contributed by atoms with E-state index < -0.39 is 23.6 Å². The molecule has 2 aromatic rings. The Kier molecular flexibility index (Phi) is 8.09. The molecule has 0 bridgehead atoms. The van der Waals surface area contributed by atoms with Crippen LogP contribution in [0.15, 0.2) is 30.3 Å². The third kappa shape index (κ3) is 5.94. The maximum atomic E-state index is 13.9. The zero-order chi connectivity index (χ0) is 26.0. The Morgan fingerprint density at radius 3 is 2.58 bits per heavy atom. The number of likely N-dealkylation sites (tertiary alicyclic amines) is 1. The van der Waals surface area contributed by atoms with E-state index in [9.17, 15) is 22.4 Å². The van der Waals surface area contributed by atoms with Crippen LogP contribution < -0.4 is 9.80 Å². The summed E-state index contributed by atoms with van der Waals surface area (Å²) in [4.78, 5) is 23.8. The van der Waals surface area contributed by atoms with E-state index in [0.29, 0.717) is 44.1 Å². The van der Waals surface area contributed by atoms with Gasteiger partial charge >= 0.3 is 6.18 Å². The first-order valence-corrected chi connectivity index (χ1v) is 12.8. The molecule has 2 aliphatic rings. The molecule has 3 heterocycles. The number of alkyl halides is 3. The van der Waals surface area contributed by atoms with Gasteiger partial charge in [-0.15, -0.1) is 0 Å². The summed E-state index contributed by atoms with van der Waals surface area (Å²) in [5.74, 6) is -0.687. The van der Waals surface area contributed by atoms with Gasteiger partial charge in [0.05, 0.1) is 10.6 Å². The molecule has 5 nitrogen and oxygen atoms in total. The van der Waals surface area contributed by atoms with E-state index in [1.807, 2.05) is 0 Å². The van der Waals surface area contributed by atoms with Crippen molar-refractivity contribution in [3.8, 4) is 0 Å². The van der Waals surface area contributed by atoms with Crippen LogP contribution in [-0.4, -0.2) is 54.1 Å². The summed E-state index contributed by atoms with van der Waals surface area (Å²) >= 11 is 6.03. The monoisotopic (exact) mass is 526 g/mol. The van der Waals surface area contributed by atoms with Crippen molar-refractivity contribution >= 4 is 29.0 Å². The Morgan fingerprint density at radius 1 is 1.17 bits per heavy atom. The van der Waals surface area contributed by atoms with E-state index in [2.05, 4.69) is 16.8 Å². The lowest BCUT2D eigenvalue weighted by atomic mass is 10.1. The van der Waals surface area contributed by atoms with Gasteiger partial charge < -0.3 is 14.7 Å². The third-order valence-corrected chi connectivity index (χ3v) is 7.39. The Balaban J connectivity index is 1.59. The van der Waals surface area contributed by atoms with Gasteiger partial charge in [-0.05, 0) is 82.8 Å². The van der Waals surface area contributed by atoms with E-state index in [1.54, 1.807) is 9.80 Å². The van der Waals surface area contributed by atoms with Crippen molar-refractivity contribution in [1.29, 1.82) is 0 Å².